The number of aliphatic hydroxyl groups excluding tert-OH is 1. The molecule has 1 saturated carbocycles. The number of rotatable bonds is 1. The highest BCUT2D eigenvalue weighted by molar-refractivity contribution is 5.08. The molecule has 1 fully saturated rings. The Hall–Kier alpha value is -0.500. The molecule has 2 nitrogen and oxygen atoms in total. The zero-order valence-electron chi connectivity index (χ0n) is 7.14. The molecule has 0 aliphatic heterocycles. The van der Waals surface area contributed by atoms with Crippen LogP contribution in [0.1, 0.15) is 32.6 Å². The molecule has 2 unspecified atom stereocenters. The van der Waals surface area contributed by atoms with Gasteiger partial charge >= 0.3 is 0 Å². The van der Waals surface area contributed by atoms with Gasteiger partial charge in [0.15, 0.2) is 0 Å². The van der Waals surface area contributed by atoms with Crippen LogP contribution < -0.4 is 5.73 Å². The summed E-state index contributed by atoms with van der Waals surface area (Å²) in [6, 6.07) is 0. The minimum absolute atomic E-state index is 0.224. The molecule has 2 atom stereocenters. The SMILES string of the molecule is C=C(N)C1(C)CCCCC1O. The summed E-state index contributed by atoms with van der Waals surface area (Å²) in [5, 5.41) is 9.66. The Labute approximate surface area is 68.1 Å². The Morgan fingerprint density at radius 3 is 2.64 bits per heavy atom. The summed E-state index contributed by atoms with van der Waals surface area (Å²) in [5.41, 5.74) is 6.04. The molecular formula is C9H17NO. The molecule has 0 saturated heterocycles. The lowest BCUT2D eigenvalue weighted by Gasteiger charge is -2.38. The summed E-state index contributed by atoms with van der Waals surface area (Å²) in [6.45, 7) is 5.72. The first-order valence-electron chi connectivity index (χ1n) is 4.20. The van der Waals surface area contributed by atoms with Crippen molar-refractivity contribution in [2.45, 2.75) is 38.7 Å². The molecule has 0 aromatic rings. The Bertz CT molecular complexity index is 167. The highest BCUT2D eigenvalue weighted by Gasteiger charge is 2.36. The van der Waals surface area contributed by atoms with Gasteiger partial charge in [0.05, 0.1) is 6.10 Å². The third-order valence-electron chi connectivity index (χ3n) is 2.89. The topological polar surface area (TPSA) is 46.2 Å². The molecule has 1 aliphatic rings. The highest BCUT2D eigenvalue weighted by Crippen LogP contribution is 2.39. The first kappa shape index (κ1) is 8.60. The minimum Gasteiger partial charge on any atom is -0.402 e. The molecule has 0 radical (unpaired) electrons. The average Bonchev–Trinajstić information content (AvgIpc) is 1.95. The molecule has 0 aromatic carbocycles. The molecule has 1 rings (SSSR count). The van der Waals surface area contributed by atoms with Gasteiger partial charge < -0.3 is 10.8 Å². The molecule has 0 heterocycles. The molecule has 2 heteroatoms. The first-order valence-corrected chi connectivity index (χ1v) is 4.20. The summed E-state index contributed by atoms with van der Waals surface area (Å²) in [7, 11) is 0. The van der Waals surface area contributed by atoms with E-state index in [1.807, 2.05) is 6.92 Å². The van der Waals surface area contributed by atoms with Crippen LogP contribution >= 0.6 is 0 Å². The van der Waals surface area contributed by atoms with E-state index in [0.29, 0.717) is 5.70 Å². The van der Waals surface area contributed by atoms with Crippen LogP contribution in [0.2, 0.25) is 0 Å². The van der Waals surface area contributed by atoms with Gasteiger partial charge in [0.1, 0.15) is 0 Å². The van der Waals surface area contributed by atoms with E-state index in [4.69, 9.17) is 5.73 Å². The quantitative estimate of drug-likeness (QED) is 0.601. The lowest BCUT2D eigenvalue weighted by molar-refractivity contribution is 0.0247. The Balaban J connectivity index is 2.72. The summed E-state index contributed by atoms with van der Waals surface area (Å²) >= 11 is 0. The van der Waals surface area contributed by atoms with Gasteiger partial charge in [0.2, 0.25) is 0 Å². The Morgan fingerprint density at radius 1 is 1.64 bits per heavy atom. The minimum atomic E-state index is -0.284. The fourth-order valence-electron chi connectivity index (χ4n) is 1.69. The van der Waals surface area contributed by atoms with Crippen LogP contribution in [0.25, 0.3) is 0 Å². The van der Waals surface area contributed by atoms with Gasteiger partial charge in [-0.25, -0.2) is 0 Å². The fourth-order valence-corrected chi connectivity index (χ4v) is 1.69. The molecule has 11 heavy (non-hydrogen) atoms. The zero-order valence-corrected chi connectivity index (χ0v) is 7.14. The van der Waals surface area contributed by atoms with Crippen molar-refractivity contribution in [2.24, 2.45) is 11.1 Å². The standard InChI is InChI=1S/C9H17NO/c1-7(10)9(2)6-4-3-5-8(9)11/h8,11H,1,3-6,10H2,2H3. The molecule has 0 amide bonds. The lowest BCUT2D eigenvalue weighted by Crippen LogP contribution is -2.39. The second-order valence-electron chi connectivity index (χ2n) is 3.70. The second-order valence-corrected chi connectivity index (χ2v) is 3.70. The monoisotopic (exact) mass is 155 g/mol. The Morgan fingerprint density at radius 2 is 2.27 bits per heavy atom. The molecule has 0 bridgehead atoms. The van der Waals surface area contributed by atoms with Crippen LogP contribution in [0.5, 0.6) is 0 Å². The summed E-state index contributed by atoms with van der Waals surface area (Å²) in [4.78, 5) is 0. The van der Waals surface area contributed by atoms with E-state index >= 15 is 0 Å². The van der Waals surface area contributed by atoms with Crippen molar-refractivity contribution < 1.29 is 5.11 Å². The summed E-state index contributed by atoms with van der Waals surface area (Å²) < 4.78 is 0. The van der Waals surface area contributed by atoms with Crippen LogP contribution in [0.15, 0.2) is 12.3 Å². The molecule has 1 aliphatic carbocycles. The molecule has 0 spiro atoms. The zero-order chi connectivity index (χ0) is 8.48. The predicted molar refractivity (Wildman–Crippen MR) is 45.9 cm³/mol. The van der Waals surface area contributed by atoms with E-state index in [2.05, 4.69) is 6.58 Å². The van der Waals surface area contributed by atoms with E-state index in [0.717, 1.165) is 25.7 Å². The number of hydrogen-bond acceptors (Lipinski definition) is 2. The third kappa shape index (κ3) is 1.41. The Kier molecular flexibility index (Phi) is 2.23. The maximum atomic E-state index is 9.66. The van der Waals surface area contributed by atoms with Crippen molar-refractivity contribution in [3.8, 4) is 0 Å². The van der Waals surface area contributed by atoms with Gasteiger partial charge in [-0.1, -0.05) is 26.3 Å². The molecule has 64 valence electrons. The maximum Gasteiger partial charge on any atom is 0.0648 e. The average molecular weight is 155 g/mol. The molecule has 0 aromatic heterocycles. The smallest absolute Gasteiger partial charge is 0.0648 e. The molecule has 3 N–H and O–H groups in total. The van der Waals surface area contributed by atoms with Gasteiger partial charge in [-0.3, -0.25) is 0 Å². The highest BCUT2D eigenvalue weighted by atomic mass is 16.3. The summed E-state index contributed by atoms with van der Waals surface area (Å²) in [5.74, 6) is 0. The van der Waals surface area contributed by atoms with Gasteiger partial charge in [0, 0.05) is 11.1 Å². The van der Waals surface area contributed by atoms with E-state index in [-0.39, 0.29) is 11.5 Å². The van der Waals surface area contributed by atoms with Crippen molar-refractivity contribution in [3.63, 3.8) is 0 Å². The largest absolute Gasteiger partial charge is 0.402 e. The fraction of sp³-hybridized carbons (Fsp3) is 0.778. The van der Waals surface area contributed by atoms with E-state index in [1.54, 1.807) is 0 Å². The van der Waals surface area contributed by atoms with Gasteiger partial charge in [-0.15, -0.1) is 0 Å². The van der Waals surface area contributed by atoms with Crippen LogP contribution in [-0.2, 0) is 0 Å². The van der Waals surface area contributed by atoms with Crippen molar-refractivity contribution in [2.75, 3.05) is 0 Å². The van der Waals surface area contributed by atoms with Crippen LogP contribution in [0, 0.1) is 5.41 Å². The van der Waals surface area contributed by atoms with Gasteiger partial charge in [-0.05, 0) is 12.8 Å². The van der Waals surface area contributed by atoms with Crippen molar-refractivity contribution >= 4 is 0 Å². The first-order chi connectivity index (χ1) is 5.07. The van der Waals surface area contributed by atoms with Gasteiger partial charge in [-0.2, -0.15) is 0 Å². The van der Waals surface area contributed by atoms with Crippen molar-refractivity contribution in [1.82, 2.24) is 0 Å². The van der Waals surface area contributed by atoms with Crippen LogP contribution in [0.4, 0.5) is 0 Å². The lowest BCUT2D eigenvalue weighted by atomic mass is 9.71. The van der Waals surface area contributed by atoms with Crippen molar-refractivity contribution in [3.05, 3.63) is 12.3 Å². The second kappa shape index (κ2) is 2.86. The molecular weight excluding hydrogens is 138 g/mol. The number of hydrogen-bond donors (Lipinski definition) is 2. The van der Waals surface area contributed by atoms with E-state index in [1.165, 1.54) is 0 Å². The maximum absolute atomic E-state index is 9.66. The normalized spacial score (nSPS) is 38.5. The summed E-state index contributed by atoms with van der Waals surface area (Å²) in [6.07, 6.45) is 3.83. The number of aliphatic hydroxyl groups is 1. The number of nitrogens with two attached hydrogens (primary N) is 1. The van der Waals surface area contributed by atoms with E-state index in [9.17, 15) is 5.11 Å². The van der Waals surface area contributed by atoms with E-state index < -0.39 is 0 Å². The van der Waals surface area contributed by atoms with Crippen LogP contribution in [-0.4, -0.2) is 11.2 Å². The van der Waals surface area contributed by atoms with Gasteiger partial charge in [0.25, 0.3) is 0 Å². The third-order valence-corrected chi connectivity index (χ3v) is 2.89. The van der Waals surface area contributed by atoms with Crippen molar-refractivity contribution in [1.29, 1.82) is 0 Å². The predicted octanol–water partition coefficient (Wildman–Crippen LogP) is 1.40. The van der Waals surface area contributed by atoms with Crippen LogP contribution in [0.3, 0.4) is 0 Å².